The van der Waals surface area contributed by atoms with E-state index in [1.165, 1.54) is 17.8 Å². The van der Waals surface area contributed by atoms with Gasteiger partial charge in [-0.2, -0.15) is 4.98 Å². The van der Waals surface area contributed by atoms with E-state index in [9.17, 15) is 4.39 Å². The van der Waals surface area contributed by atoms with Crippen molar-refractivity contribution < 1.29 is 13.3 Å². The molecule has 0 aliphatic heterocycles. The third kappa shape index (κ3) is 5.12. The Morgan fingerprint density at radius 2 is 2.00 bits per heavy atom. The zero-order chi connectivity index (χ0) is 17.6. The van der Waals surface area contributed by atoms with Gasteiger partial charge in [-0.15, -0.1) is 10.2 Å². The van der Waals surface area contributed by atoms with Crippen LogP contribution in [0.25, 0.3) is 0 Å². The molecule has 0 atom stereocenters. The number of halogens is 1. The summed E-state index contributed by atoms with van der Waals surface area (Å²) >= 11 is 1.32. The quantitative estimate of drug-likeness (QED) is 0.559. The third-order valence-electron chi connectivity index (χ3n) is 3.52. The second-order valence-electron chi connectivity index (χ2n) is 6.06. The van der Waals surface area contributed by atoms with Crippen molar-refractivity contribution in [1.29, 1.82) is 0 Å². The van der Waals surface area contributed by atoms with Gasteiger partial charge in [-0.05, 0) is 24.0 Å². The van der Waals surface area contributed by atoms with Crippen LogP contribution in [0.5, 0.6) is 0 Å². The minimum atomic E-state index is -0.283. The third-order valence-corrected chi connectivity index (χ3v) is 4.33. The molecule has 0 amide bonds. The van der Waals surface area contributed by atoms with Gasteiger partial charge in [0.2, 0.25) is 11.8 Å². The van der Waals surface area contributed by atoms with Crippen molar-refractivity contribution in [2.45, 2.75) is 44.1 Å². The molecule has 0 N–H and O–H groups in total. The summed E-state index contributed by atoms with van der Waals surface area (Å²) in [6.07, 6.45) is 2.09. The van der Waals surface area contributed by atoms with Crippen molar-refractivity contribution in [1.82, 2.24) is 20.3 Å². The van der Waals surface area contributed by atoms with E-state index in [2.05, 4.69) is 34.2 Å². The molecule has 0 saturated carbocycles. The summed E-state index contributed by atoms with van der Waals surface area (Å²) in [5.74, 6) is 2.39. The molecule has 0 bridgehead atoms. The maximum Gasteiger partial charge on any atom is 0.277 e. The summed E-state index contributed by atoms with van der Waals surface area (Å²) in [5.41, 5.74) is 0.523. The van der Waals surface area contributed by atoms with Crippen LogP contribution < -0.4 is 0 Å². The van der Waals surface area contributed by atoms with Crippen LogP contribution in [-0.2, 0) is 18.6 Å². The molecule has 0 radical (unpaired) electrons. The van der Waals surface area contributed by atoms with Crippen LogP contribution in [-0.4, -0.2) is 20.3 Å². The van der Waals surface area contributed by atoms with Crippen molar-refractivity contribution in [2.24, 2.45) is 5.92 Å². The van der Waals surface area contributed by atoms with Crippen LogP contribution in [0.3, 0.4) is 0 Å². The van der Waals surface area contributed by atoms with E-state index in [1.807, 2.05) is 0 Å². The number of thioether (sulfide) groups is 1. The average Bonchev–Trinajstić information content (AvgIpc) is 3.22. The lowest BCUT2D eigenvalue weighted by atomic mass is 10.1. The van der Waals surface area contributed by atoms with Gasteiger partial charge < -0.3 is 8.94 Å². The van der Waals surface area contributed by atoms with Crippen LogP contribution in [0, 0.1) is 11.7 Å². The zero-order valence-corrected chi connectivity index (χ0v) is 14.9. The average molecular weight is 362 g/mol. The van der Waals surface area contributed by atoms with E-state index in [4.69, 9.17) is 8.94 Å². The topological polar surface area (TPSA) is 77.8 Å². The molecular weight excluding hydrogens is 343 g/mol. The highest BCUT2D eigenvalue weighted by molar-refractivity contribution is 7.98. The molecular formula is C17H19FN4O2S. The lowest BCUT2D eigenvalue weighted by Gasteiger charge is -1.98. The number of rotatable bonds is 8. The highest BCUT2D eigenvalue weighted by Crippen LogP contribution is 2.22. The fourth-order valence-electron chi connectivity index (χ4n) is 2.16. The number of hydrogen-bond acceptors (Lipinski definition) is 7. The fraction of sp³-hybridized carbons (Fsp3) is 0.412. The number of aryl methyl sites for hydroxylation is 1. The maximum absolute atomic E-state index is 13.6. The van der Waals surface area contributed by atoms with E-state index in [-0.39, 0.29) is 12.2 Å². The Balaban J connectivity index is 1.53. The minimum Gasteiger partial charge on any atom is -0.416 e. The highest BCUT2D eigenvalue weighted by atomic mass is 32.2. The van der Waals surface area contributed by atoms with Crippen LogP contribution in [0.4, 0.5) is 4.39 Å². The summed E-state index contributed by atoms with van der Waals surface area (Å²) in [4.78, 5) is 4.35. The van der Waals surface area contributed by atoms with Crippen LogP contribution >= 0.6 is 11.8 Å². The lowest BCUT2D eigenvalue weighted by Crippen LogP contribution is -1.94. The number of nitrogens with zero attached hydrogens (tertiary/aromatic N) is 4. The smallest absolute Gasteiger partial charge is 0.277 e. The van der Waals surface area contributed by atoms with E-state index in [1.54, 1.807) is 18.2 Å². The van der Waals surface area contributed by atoms with E-state index in [0.717, 1.165) is 18.7 Å². The monoisotopic (exact) mass is 362 g/mol. The molecule has 8 heteroatoms. The van der Waals surface area contributed by atoms with Gasteiger partial charge in [-0.1, -0.05) is 49.0 Å². The van der Waals surface area contributed by atoms with E-state index in [0.29, 0.717) is 34.2 Å². The van der Waals surface area contributed by atoms with Crippen molar-refractivity contribution in [2.75, 3.05) is 0 Å². The molecule has 1 aromatic carbocycles. The first-order chi connectivity index (χ1) is 12.1. The molecule has 0 saturated heterocycles. The van der Waals surface area contributed by atoms with Gasteiger partial charge >= 0.3 is 0 Å². The molecule has 132 valence electrons. The lowest BCUT2D eigenvalue weighted by molar-refractivity contribution is 0.381. The Hall–Kier alpha value is -2.22. The molecule has 0 fully saturated rings. The van der Waals surface area contributed by atoms with Crippen molar-refractivity contribution in [3.05, 3.63) is 53.3 Å². The molecule has 0 spiro atoms. The molecule has 0 aliphatic rings. The standard InChI is InChI=1S/C17H19FN4O2S/c1-11(2)7-8-14-19-16(24-22-14)10-25-17-21-20-15(23-17)9-12-5-3-4-6-13(12)18/h3-6,11H,7-10H2,1-2H3. The van der Waals surface area contributed by atoms with Crippen LogP contribution in [0.1, 0.15) is 43.4 Å². The molecule has 6 nitrogen and oxygen atoms in total. The number of benzene rings is 1. The van der Waals surface area contributed by atoms with Crippen molar-refractivity contribution in [3.63, 3.8) is 0 Å². The first kappa shape index (κ1) is 17.6. The summed E-state index contributed by atoms with van der Waals surface area (Å²) in [5, 5.41) is 12.3. The Kier molecular flexibility index (Phi) is 5.80. The fourth-order valence-corrected chi connectivity index (χ4v) is 2.78. The summed E-state index contributed by atoms with van der Waals surface area (Å²) < 4.78 is 24.4. The highest BCUT2D eigenvalue weighted by Gasteiger charge is 2.13. The second-order valence-corrected chi connectivity index (χ2v) is 6.98. The summed E-state index contributed by atoms with van der Waals surface area (Å²) in [6, 6.07) is 6.53. The Morgan fingerprint density at radius 3 is 2.80 bits per heavy atom. The first-order valence-electron chi connectivity index (χ1n) is 8.10. The first-order valence-corrected chi connectivity index (χ1v) is 9.08. The molecule has 0 unspecified atom stereocenters. The molecule has 2 heterocycles. The van der Waals surface area contributed by atoms with Crippen LogP contribution in [0.2, 0.25) is 0 Å². The zero-order valence-electron chi connectivity index (χ0n) is 14.1. The van der Waals surface area contributed by atoms with Gasteiger partial charge in [-0.3, -0.25) is 0 Å². The molecule has 0 aliphatic carbocycles. The Bertz CT molecular complexity index is 818. The van der Waals surface area contributed by atoms with Crippen LogP contribution in [0.15, 0.2) is 38.4 Å². The van der Waals surface area contributed by atoms with Gasteiger partial charge in [0.15, 0.2) is 5.82 Å². The van der Waals surface area contributed by atoms with E-state index < -0.39 is 0 Å². The van der Waals surface area contributed by atoms with Gasteiger partial charge in [0.1, 0.15) is 5.82 Å². The summed E-state index contributed by atoms with van der Waals surface area (Å²) in [7, 11) is 0. The molecule has 25 heavy (non-hydrogen) atoms. The SMILES string of the molecule is CC(C)CCc1noc(CSc2nnc(Cc3ccccc3F)o2)n1. The van der Waals surface area contributed by atoms with Crippen molar-refractivity contribution in [3.8, 4) is 0 Å². The molecule has 3 aromatic rings. The predicted octanol–water partition coefficient (Wildman–Crippen LogP) is 4.06. The number of aromatic nitrogens is 4. The molecule has 3 rings (SSSR count). The number of hydrogen-bond donors (Lipinski definition) is 0. The van der Waals surface area contributed by atoms with Gasteiger partial charge in [0, 0.05) is 6.42 Å². The largest absolute Gasteiger partial charge is 0.416 e. The summed E-state index contributed by atoms with van der Waals surface area (Å²) in [6.45, 7) is 4.32. The van der Waals surface area contributed by atoms with Gasteiger partial charge in [0.25, 0.3) is 5.22 Å². The predicted molar refractivity (Wildman–Crippen MR) is 90.5 cm³/mol. The normalized spacial score (nSPS) is 11.4. The second kappa shape index (κ2) is 8.24. The van der Waals surface area contributed by atoms with Gasteiger partial charge in [0.05, 0.1) is 12.2 Å². The van der Waals surface area contributed by atoms with Gasteiger partial charge in [-0.25, -0.2) is 4.39 Å². The minimum absolute atomic E-state index is 0.264. The Labute approximate surface area is 149 Å². The van der Waals surface area contributed by atoms with E-state index >= 15 is 0 Å². The molecule has 2 aromatic heterocycles. The van der Waals surface area contributed by atoms with Crippen molar-refractivity contribution >= 4 is 11.8 Å². The maximum atomic E-state index is 13.6. The Morgan fingerprint density at radius 1 is 1.16 bits per heavy atom.